The fraction of sp³-hybridized carbons (Fsp3) is 0.400. The molecule has 0 saturated carbocycles. The molecular formula is C10H10BrF3N2O3S. The molecule has 112 valence electrons. The van der Waals surface area contributed by atoms with E-state index in [1.165, 1.54) is 16.7 Å². The van der Waals surface area contributed by atoms with Gasteiger partial charge in [-0.25, -0.2) is 9.59 Å². The van der Waals surface area contributed by atoms with Gasteiger partial charge in [-0.3, -0.25) is 0 Å². The zero-order valence-electron chi connectivity index (χ0n) is 10.0. The van der Waals surface area contributed by atoms with E-state index in [1.807, 2.05) is 0 Å². The summed E-state index contributed by atoms with van der Waals surface area (Å²) in [5.41, 5.74) is -3.34. The van der Waals surface area contributed by atoms with E-state index in [0.29, 0.717) is 11.8 Å². The third-order valence-electron chi connectivity index (χ3n) is 2.41. The van der Waals surface area contributed by atoms with Gasteiger partial charge in [-0.1, -0.05) is 0 Å². The molecular weight excluding hydrogens is 365 g/mol. The molecule has 0 radical (unpaired) electrons. The molecule has 0 aliphatic heterocycles. The molecule has 0 bridgehead atoms. The number of urea groups is 1. The van der Waals surface area contributed by atoms with Gasteiger partial charge in [0.2, 0.25) is 5.54 Å². The van der Waals surface area contributed by atoms with E-state index < -0.39 is 23.7 Å². The average molecular weight is 375 g/mol. The first kappa shape index (κ1) is 16.8. The number of nitrogens with one attached hydrogen (secondary N) is 2. The van der Waals surface area contributed by atoms with Gasteiger partial charge in [0.05, 0.1) is 10.3 Å². The number of thiophene rings is 1. The van der Waals surface area contributed by atoms with E-state index in [4.69, 9.17) is 5.11 Å². The van der Waals surface area contributed by atoms with Gasteiger partial charge in [0.1, 0.15) is 0 Å². The van der Waals surface area contributed by atoms with E-state index in [2.05, 4.69) is 21.2 Å². The molecule has 0 fully saturated rings. The molecule has 20 heavy (non-hydrogen) atoms. The van der Waals surface area contributed by atoms with Gasteiger partial charge < -0.3 is 15.7 Å². The summed E-state index contributed by atoms with van der Waals surface area (Å²) >= 11 is 4.49. The highest BCUT2D eigenvalue weighted by molar-refractivity contribution is 9.11. The predicted octanol–water partition coefficient (Wildman–Crippen LogP) is 2.72. The third kappa shape index (κ3) is 3.85. The summed E-state index contributed by atoms with van der Waals surface area (Å²) in [5, 5.41) is 12.2. The van der Waals surface area contributed by atoms with Gasteiger partial charge in [-0.2, -0.15) is 13.2 Å². The number of amides is 2. The molecule has 1 aromatic rings. The minimum absolute atomic E-state index is 0.00431. The Kier molecular flexibility index (Phi) is 5.03. The van der Waals surface area contributed by atoms with Crippen molar-refractivity contribution < 1.29 is 27.9 Å². The molecule has 0 spiro atoms. The Morgan fingerprint density at radius 2 is 2.00 bits per heavy atom. The molecule has 0 aliphatic rings. The van der Waals surface area contributed by atoms with Crippen LogP contribution in [0.4, 0.5) is 18.0 Å². The Morgan fingerprint density at radius 1 is 1.40 bits per heavy atom. The lowest BCUT2D eigenvalue weighted by atomic mass is 10.0. The first-order valence-corrected chi connectivity index (χ1v) is 6.77. The van der Waals surface area contributed by atoms with Crippen LogP contribution >= 0.6 is 27.3 Å². The molecule has 1 unspecified atom stereocenters. The van der Waals surface area contributed by atoms with Crippen molar-refractivity contribution in [2.75, 3.05) is 0 Å². The minimum atomic E-state index is -5.11. The highest BCUT2D eigenvalue weighted by atomic mass is 79.9. The zero-order valence-corrected chi connectivity index (χ0v) is 12.4. The number of carboxylic acid groups (broad SMARTS) is 1. The lowest BCUT2D eigenvalue weighted by Gasteiger charge is -2.28. The van der Waals surface area contributed by atoms with Crippen molar-refractivity contribution in [1.29, 1.82) is 0 Å². The fourth-order valence-electron chi connectivity index (χ4n) is 1.13. The lowest BCUT2D eigenvalue weighted by Crippen LogP contribution is -2.63. The number of alkyl halides is 3. The summed E-state index contributed by atoms with van der Waals surface area (Å²) in [4.78, 5) is 22.8. The fourth-order valence-corrected chi connectivity index (χ4v) is 2.55. The van der Waals surface area contributed by atoms with Gasteiger partial charge in [-0.05, 0) is 35.0 Å². The van der Waals surface area contributed by atoms with Crippen molar-refractivity contribution in [3.05, 3.63) is 20.8 Å². The Bertz CT molecular complexity index is 520. The second kappa shape index (κ2) is 6.00. The Labute approximate surface area is 124 Å². The van der Waals surface area contributed by atoms with E-state index in [9.17, 15) is 22.8 Å². The van der Waals surface area contributed by atoms with Crippen LogP contribution in [-0.2, 0) is 11.3 Å². The van der Waals surface area contributed by atoms with Crippen molar-refractivity contribution in [3.8, 4) is 0 Å². The van der Waals surface area contributed by atoms with Gasteiger partial charge in [0, 0.05) is 4.88 Å². The number of carbonyl (C=O) groups is 2. The molecule has 0 saturated heterocycles. The van der Waals surface area contributed by atoms with E-state index in [0.717, 1.165) is 3.79 Å². The summed E-state index contributed by atoms with van der Waals surface area (Å²) in [6, 6.07) is 2.18. The van der Waals surface area contributed by atoms with Crippen LogP contribution in [0.2, 0.25) is 0 Å². The number of halogens is 4. The maximum Gasteiger partial charge on any atom is 0.422 e. The Balaban J connectivity index is 2.66. The smallest absolute Gasteiger partial charge is 0.422 e. The van der Waals surface area contributed by atoms with Crippen LogP contribution < -0.4 is 10.6 Å². The highest BCUT2D eigenvalue weighted by Crippen LogP contribution is 2.30. The number of carboxylic acids is 1. The van der Waals surface area contributed by atoms with Crippen LogP contribution in [0.1, 0.15) is 11.8 Å². The molecule has 5 nitrogen and oxygen atoms in total. The first-order valence-electron chi connectivity index (χ1n) is 5.16. The van der Waals surface area contributed by atoms with E-state index in [1.54, 1.807) is 12.1 Å². The van der Waals surface area contributed by atoms with Crippen molar-refractivity contribution in [2.45, 2.75) is 25.2 Å². The standard InChI is InChI=1S/C10H10BrF3N2O3S/c1-9(7(17)18,10(12,13)14)16-8(19)15-4-5-2-3-6(11)20-5/h2-3H,4H2,1H3,(H,17,18)(H2,15,16,19). The number of hydrogen-bond acceptors (Lipinski definition) is 3. The predicted molar refractivity (Wildman–Crippen MR) is 69.5 cm³/mol. The first-order chi connectivity index (χ1) is 9.06. The number of hydrogen-bond donors (Lipinski definition) is 3. The molecule has 3 N–H and O–H groups in total. The summed E-state index contributed by atoms with van der Waals surface area (Å²) in [7, 11) is 0. The highest BCUT2D eigenvalue weighted by Gasteiger charge is 2.58. The molecule has 0 aliphatic carbocycles. The van der Waals surface area contributed by atoms with Crippen molar-refractivity contribution in [3.63, 3.8) is 0 Å². The van der Waals surface area contributed by atoms with Crippen LogP contribution in [-0.4, -0.2) is 28.8 Å². The van der Waals surface area contributed by atoms with Crippen molar-refractivity contribution in [1.82, 2.24) is 10.6 Å². The van der Waals surface area contributed by atoms with E-state index in [-0.39, 0.29) is 6.54 Å². The molecule has 1 aromatic heterocycles. The third-order valence-corrected chi connectivity index (χ3v) is 4.03. The summed E-state index contributed by atoms with van der Waals surface area (Å²) in [5.74, 6) is -2.18. The molecule has 10 heteroatoms. The second-order valence-corrected chi connectivity index (χ2v) is 6.49. The van der Waals surface area contributed by atoms with E-state index >= 15 is 0 Å². The number of aliphatic carboxylic acids is 1. The zero-order chi connectivity index (χ0) is 15.6. The van der Waals surface area contributed by atoms with Crippen LogP contribution in [0.15, 0.2) is 15.9 Å². The maximum atomic E-state index is 12.7. The SMILES string of the molecule is CC(NC(=O)NCc1ccc(Br)s1)(C(=O)O)C(F)(F)F. The molecule has 2 amide bonds. The van der Waals surface area contributed by atoms with Crippen molar-refractivity contribution >= 4 is 39.3 Å². The maximum absolute atomic E-state index is 12.7. The number of carbonyl (C=O) groups excluding carboxylic acids is 1. The van der Waals surface area contributed by atoms with Gasteiger partial charge in [0.15, 0.2) is 0 Å². The van der Waals surface area contributed by atoms with Crippen LogP contribution in [0, 0.1) is 0 Å². The summed E-state index contributed by atoms with van der Waals surface area (Å²) in [6.07, 6.45) is -5.11. The second-order valence-electron chi connectivity index (χ2n) is 3.94. The molecule has 1 atom stereocenters. The van der Waals surface area contributed by atoms with Crippen molar-refractivity contribution in [2.24, 2.45) is 0 Å². The van der Waals surface area contributed by atoms with Gasteiger partial charge in [-0.15, -0.1) is 11.3 Å². The molecule has 1 rings (SSSR count). The lowest BCUT2D eigenvalue weighted by molar-refractivity contribution is -0.203. The van der Waals surface area contributed by atoms with Crippen LogP contribution in [0.25, 0.3) is 0 Å². The van der Waals surface area contributed by atoms with Gasteiger partial charge in [0.25, 0.3) is 0 Å². The minimum Gasteiger partial charge on any atom is -0.479 e. The largest absolute Gasteiger partial charge is 0.479 e. The van der Waals surface area contributed by atoms with Crippen LogP contribution in [0.3, 0.4) is 0 Å². The average Bonchev–Trinajstić information content (AvgIpc) is 2.70. The number of rotatable bonds is 4. The topological polar surface area (TPSA) is 78.4 Å². The van der Waals surface area contributed by atoms with Gasteiger partial charge >= 0.3 is 18.2 Å². The van der Waals surface area contributed by atoms with Crippen LogP contribution in [0.5, 0.6) is 0 Å². The summed E-state index contributed by atoms with van der Waals surface area (Å²) < 4.78 is 38.8. The summed E-state index contributed by atoms with van der Waals surface area (Å²) in [6.45, 7) is 0.381. The Hall–Kier alpha value is -1.29. The normalized spacial score (nSPS) is 14.4. The Morgan fingerprint density at radius 3 is 2.40 bits per heavy atom. The molecule has 1 heterocycles. The quantitative estimate of drug-likeness (QED) is 0.757. The molecule has 0 aromatic carbocycles. The monoisotopic (exact) mass is 374 g/mol.